The zero-order valence-electron chi connectivity index (χ0n) is 13.7. The van der Waals surface area contributed by atoms with Crippen molar-refractivity contribution in [1.29, 1.82) is 0 Å². The first-order chi connectivity index (χ1) is 10.4. The normalized spacial score (nSPS) is 26.7. The quantitative estimate of drug-likeness (QED) is 0.929. The number of rotatable bonds is 4. The van der Waals surface area contributed by atoms with E-state index < -0.39 is 5.60 Å². The molecule has 1 saturated heterocycles. The smallest absolute Gasteiger partial charge is 0.410 e. The summed E-state index contributed by atoms with van der Waals surface area (Å²) in [6, 6.07) is 11.0. The zero-order valence-corrected chi connectivity index (χ0v) is 13.7. The van der Waals surface area contributed by atoms with Crippen LogP contribution in [-0.4, -0.2) is 35.2 Å². The molecule has 22 heavy (non-hydrogen) atoms. The fourth-order valence-electron chi connectivity index (χ4n) is 3.32. The molecule has 0 radical (unpaired) electrons. The summed E-state index contributed by atoms with van der Waals surface area (Å²) in [6.07, 6.45) is 2.10. The second-order valence-electron chi connectivity index (χ2n) is 7.46. The van der Waals surface area contributed by atoms with Gasteiger partial charge in [-0.15, -0.1) is 0 Å². The predicted octanol–water partition coefficient (Wildman–Crippen LogP) is 3.17. The summed E-state index contributed by atoms with van der Waals surface area (Å²) in [6.45, 7) is 7.45. The summed E-state index contributed by atoms with van der Waals surface area (Å²) in [5, 5.41) is 3.48. The first-order valence-electron chi connectivity index (χ1n) is 8.20. The maximum absolute atomic E-state index is 12.4. The Morgan fingerprint density at radius 1 is 1.27 bits per heavy atom. The van der Waals surface area contributed by atoms with Crippen LogP contribution in [0, 0.1) is 5.92 Å². The van der Waals surface area contributed by atoms with E-state index in [-0.39, 0.29) is 12.1 Å². The van der Waals surface area contributed by atoms with Crippen molar-refractivity contribution in [2.45, 2.75) is 57.8 Å². The van der Waals surface area contributed by atoms with Crippen molar-refractivity contribution in [2.75, 3.05) is 6.54 Å². The van der Waals surface area contributed by atoms with Crippen LogP contribution in [0.15, 0.2) is 30.3 Å². The largest absolute Gasteiger partial charge is 0.444 e. The van der Waals surface area contributed by atoms with Crippen LogP contribution in [0.5, 0.6) is 0 Å². The minimum Gasteiger partial charge on any atom is -0.444 e. The van der Waals surface area contributed by atoms with Crippen LogP contribution >= 0.6 is 0 Å². The lowest BCUT2D eigenvalue weighted by molar-refractivity contribution is 0.0184. The number of carbonyl (C=O) groups is 1. The molecular weight excluding hydrogens is 276 g/mol. The van der Waals surface area contributed by atoms with Crippen molar-refractivity contribution in [3.05, 3.63) is 35.9 Å². The van der Waals surface area contributed by atoms with E-state index in [1.54, 1.807) is 0 Å². The van der Waals surface area contributed by atoms with Crippen molar-refractivity contribution in [1.82, 2.24) is 10.2 Å². The van der Waals surface area contributed by atoms with Gasteiger partial charge < -0.3 is 15.0 Å². The Bertz CT molecular complexity index is 524. The molecule has 1 saturated carbocycles. The highest BCUT2D eigenvalue weighted by Crippen LogP contribution is 2.48. The van der Waals surface area contributed by atoms with Crippen LogP contribution < -0.4 is 5.32 Å². The fraction of sp³-hybridized carbons (Fsp3) is 0.611. The van der Waals surface area contributed by atoms with Gasteiger partial charge in [-0.2, -0.15) is 0 Å². The first-order valence-corrected chi connectivity index (χ1v) is 8.20. The molecule has 1 heterocycles. The van der Waals surface area contributed by atoms with E-state index in [1.165, 1.54) is 5.56 Å². The van der Waals surface area contributed by atoms with Crippen LogP contribution in [0.3, 0.4) is 0 Å². The number of piperidine rings is 1. The third kappa shape index (κ3) is 3.61. The van der Waals surface area contributed by atoms with Gasteiger partial charge >= 0.3 is 6.09 Å². The van der Waals surface area contributed by atoms with Crippen LogP contribution in [0.25, 0.3) is 0 Å². The van der Waals surface area contributed by atoms with Crippen molar-refractivity contribution in [2.24, 2.45) is 5.92 Å². The lowest BCUT2D eigenvalue weighted by Crippen LogP contribution is -2.46. The Hall–Kier alpha value is -1.55. The van der Waals surface area contributed by atoms with E-state index in [0.29, 0.717) is 12.0 Å². The minimum atomic E-state index is -0.425. The third-order valence-corrected chi connectivity index (χ3v) is 4.37. The monoisotopic (exact) mass is 302 g/mol. The van der Waals surface area contributed by atoms with Crippen LogP contribution in [0.2, 0.25) is 0 Å². The maximum atomic E-state index is 12.4. The van der Waals surface area contributed by atoms with E-state index in [1.807, 2.05) is 31.7 Å². The molecule has 0 spiro atoms. The van der Waals surface area contributed by atoms with Crippen LogP contribution in [-0.2, 0) is 11.3 Å². The van der Waals surface area contributed by atoms with E-state index >= 15 is 0 Å². The second-order valence-corrected chi connectivity index (χ2v) is 7.46. The molecule has 1 aromatic rings. The molecule has 1 N–H and O–H groups in total. The Morgan fingerprint density at radius 3 is 2.68 bits per heavy atom. The number of carbonyl (C=O) groups excluding carboxylic acids is 1. The number of nitrogens with one attached hydrogen (secondary N) is 1. The average Bonchev–Trinajstić information content (AvgIpc) is 3.09. The number of hydrogen-bond acceptors (Lipinski definition) is 3. The number of benzene rings is 1. The average molecular weight is 302 g/mol. The number of likely N-dealkylation sites (tertiary alicyclic amines) is 1. The molecule has 0 unspecified atom stereocenters. The molecule has 1 aliphatic carbocycles. The lowest BCUT2D eigenvalue weighted by atomic mass is 10.1. The molecule has 4 nitrogen and oxygen atoms in total. The van der Waals surface area contributed by atoms with Crippen molar-refractivity contribution in [3.63, 3.8) is 0 Å². The first kappa shape index (κ1) is 15.3. The molecule has 2 fully saturated rings. The molecule has 1 aliphatic heterocycles. The standard InChI is InChI=1S/C18H26N2O2/c1-18(2,3)22-17(21)20-15(9-14-10-16(14)20)12-19-11-13-7-5-4-6-8-13/h4-8,14-16,19H,9-12H2,1-3H3/t14-,15+,16+/m1/s1. The van der Waals surface area contributed by atoms with Crippen molar-refractivity contribution >= 4 is 6.09 Å². The molecule has 1 amide bonds. The summed E-state index contributed by atoms with van der Waals surface area (Å²) in [7, 11) is 0. The topological polar surface area (TPSA) is 41.6 Å². The number of ether oxygens (including phenoxy) is 1. The zero-order chi connectivity index (χ0) is 15.7. The molecule has 3 atom stereocenters. The number of fused-ring (bicyclic) bond motifs is 1. The van der Waals surface area contributed by atoms with Gasteiger partial charge in [0.2, 0.25) is 0 Å². The molecule has 2 aliphatic rings. The van der Waals surface area contributed by atoms with E-state index in [0.717, 1.165) is 25.9 Å². The number of hydrogen-bond donors (Lipinski definition) is 1. The van der Waals surface area contributed by atoms with Gasteiger partial charge in [-0.05, 0) is 45.1 Å². The predicted molar refractivity (Wildman–Crippen MR) is 86.5 cm³/mol. The van der Waals surface area contributed by atoms with Gasteiger partial charge in [0.05, 0.1) is 0 Å². The maximum Gasteiger partial charge on any atom is 0.410 e. The Labute approximate surface area is 132 Å². The highest BCUT2D eigenvalue weighted by Gasteiger charge is 2.54. The van der Waals surface area contributed by atoms with E-state index in [2.05, 4.69) is 29.6 Å². The number of amides is 1. The van der Waals surface area contributed by atoms with Crippen molar-refractivity contribution < 1.29 is 9.53 Å². The van der Waals surface area contributed by atoms with Crippen LogP contribution in [0.4, 0.5) is 4.79 Å². The molecule has 1 aromatic carbocycles. The Kier molecular flexibility index (Phi) is 4.13. The second kappa shape index (κ2) is 5.92. The van der Waals surface area contributed by atoms with Crippen molar-refractivity contribution in [3.8, 4) is 0 Å². The lowest BCUT2D eigenvalue weighted by Gasteiger charge is -2.30. The summed E-state index contributed by atoms with van der Waals surface area (Å²) < 4.78 is 5.57. The minimum absolute atomic E-state index is 0.149. The van der Waals surface area contributed by atoms with Gasteiger partial charge in [-0.1, -0.05) is 30.3 Å². The fourth-order valence-corrected chi connectivity index (χ4v) is 3.32. The Balaban J connectivity index is 1.53. The van der Waals surface area contributed by atoms with Gasteiger partial charge in [-0.25, -0.2) is 4.79 Å². The highest BCUT2D eigenvalue weighted by atomic mass is 16.6. The molecular formula is C18H26N2O2. The summed E-state index contributed by atoms with van der Waals surface area (Å²) in [5.74, 6) is 0.691. The summed E-state index contributed by atoms with van der Waals surface area (Å²) in [5.41, 5.74) is 0.848. The SMILES string of the molecule is CC(C)(C)OC(=O)N1[C@H](CNCc2ccccc2)C[C@@H]2C[C@@H]21. The van der Waals surface area contributed by atoms with Gasteiger partial charge in [-0.3, -0.25) is 0 Å². The van der Waals surface area contributed by atoms with Gasteiger partial charge in [0.15, 0.2) is 0 Å². The van der Waals surface area contributed by atoms with Crippen LogP contribution in [0.1, 0.15) is 39.2 Å². The molecule has 3 rings (SSSR count). The highest BCUT2D eigenvalue weighted by molar-refractivity contribution is 5.70. The molecule has 4 heteroatoms. The van der Waals surface area contributed by atoms with E-state index in [9.17, 15) is 4.79 Å². The van der Waals surface area contributed by atoms with E-state index in [4.69, 9.17) is 4.74 Å². The summed E-state index contributed by atoms with van der Waals surface area (Å²) >= 11 is 0. The molecule has 0 bridgehead atoms. The molecule has 120 valence electrons. The van der Waals surface area contributed by atoms with Gasteiger partial charge in [0.1, 0.15) is 5.60 Å². The Morgan fingerprint density at radius 2 is 2.00 bits per heavy atom. The number of nitrogens with zero attached hydrogens (tertiary/aromatic N) is 1. The van der Waals surface area contributed by atoms with Gasteiger partial charge in [0, 0.05) is 25.2 Å². The third-order valence-electron chi connectivity index (χ3n) is 4.37. The summed E-state index contributed by atoms with van der Waals surface area (Å²) in [4.78, 5) is 14.4. The molecule has 0 aromatic heterocycles. The van der Waals surface area contributed by atoms with Gasteiger partial charge in [0.25, 0.3) is 0 Å².